The molecule has 2 N–H and O–H groups in total. The van der Waals surface area contributed by atoms with Gasteiger partial charge in [0.05, 0.1) is 19.6 Å². The van der Waals surface area contributed by atoms with Gasteiger partial charge in [0.25, 0.3) is 0 Å². The molecule has 1 aromatic rings. The van der Waals surface area contributed by atoms with Gasteiger partial charge in [-0.15, -0.1) is 0 Å². The third-order valence-corrected chi connectivity index (χ3v) is 2.46. The number of aliphatic hydroxyl groups excluding tert-OH is 1. The average Bonchev–Trinajstić information content (AvgIpc) is 2.37. The SMILES string of the molecule is CN(C)/C=N\c1ccn([C@H](OCCO)C(C)(C)O)c(=O)n1. The fraction of sp³-hybridized carbons (Fsp3) is 0.615. The van der Waals surface area contributed by atoms with E-state index in [-0.39, 0.29) is 19.0 Å². The van der Waals surface area contributed by atoms with Crippen molar-refractivity contribution in [2.45, 2.75) is 25.7 Å². The summed E-state index contributed by atoms with van der Waals surface area (Å²) in [5.74, 6) is 0.265. The molecular weight excluding hydrogens is 276 g/mol. The molecule has 0 spiro atoms. The predicted molar refractivity (Wildman–Crippen MR) is 78.7 cm³/mol. The maximum absolute atomic E-state index is 12.0. The minimum Gasteiger partial charge on any atom is -0.394 e. The lowest BCUT2D eigenvalue weighted by atomic mass is 10.1. The molecule has 1 atom stereocenters. The highest BCUT2D eigenvalue weighted by Gasteiger charge is 2.30. The molecule has 21 heavy (non-hydrogen) atoms. The van der Waals surface area contributed by atoms with Crippen molar-refractivity contribution in [3.63, 3.8) is 0 Å². The molecule has 0 aromatic carbocycles. The van der Waals surface area contributed by atoms with Crippen LogP contribution < -0.4 is 5.69 Å². The highest BCUT2D eigenvalue weighted by molar-refractivity contribution is 5.58. The molecule has 0 amide bonds. The smallest absolute Gasteiger partial charge is 0.351 e. The standard InChI is InChI=1S/C13H22N4O4/c1-13(2,20)11(21-8-7-18)17-6-5-10(15-12(17)19)14-9-16(3)4/h5-6,9,11,18,20H,7-8H2,1-4H3/b14-9-/t11-/m1/s1. The van der Waals surface area contributed by atoms with Crippen molar-refractivity contribution in [3.8, 4) is 0 Å². The van der Waals surface area contributed by atoms with Crippen molar-refractivity contribution >= 4 is 12.2 Å². The van der Waals surface area contributed by atoms with Crippen molar-refractivity contribution in [1.82, 2.24) is 14.5 Å². The van der Waals surface area contributed by atoms with E-state index in [4.69, 9.17) is 9.84 Å². The van der Waals surface area contributed by atoms with Gasteiger partial charge in [0.15, 0.2) is 12.0 Å². The maximum atomic E-state index is 12.0. The van der Waals surface area contributed by atoms with Crippen molar-refractivity contribution in [1.29, 1.82) is 0 Å². The molecule has 0 radical (unpaired) electrons. The number of hydrogen-bond donors (Lipinski definition) is 2. The molecule has 8 nitrogen and oxygen atoms in total. The number of ether oxygens (including phenoxy) is 1. The first-order chi connectivity index (χ1) is 9.75. The minimum absolute atomic E-state index is 0.00162. The van der Waals surface area contributed by atoms with E-state index in [0.29, 0.717) is 0 Å². The second-order valence-corrected chi connectivity index (χ2v) is 5.28. The van der Waals surface area contributed by atoms with Crippen LogP contribution in [-0.2, 0) is 4.74 Å². The summed E-state index contributed by atoms with van der Waals surface area (Å²) in [6.45, 7) is 2.82. The van der Waals surface area contributed by atoms with Crippen LogP contribution in [0.4, 0.5) is 5.82 Å². The van der Waals surface area contributed by atoms with Gasteiger partial charge in [-0.05, 0) is 19.9 Å². The molecule has 0 bridgehead atoms. The van der Waals surface area contributed by atoms with Crippen molar-refractivity contribution in [3.05, 3.63) is 22.7 Å². The number of aliphatic hydroxyl groups is 2. The fourth-order valence-electron chi connectivity index (χ4n) is 1.62. The summed E-state index contributed by atoms with van der Waals surface area (Å²) in [5.41, 5.74) is -1.90. The van der Waals surface area contributed by atoms with Gasteiger partial charge in [-0.25, -0.2) is 9.79 Å². The Morgan fingerprint density at radius 3 is 2.71 bits per heavy atom. The monoisotopic (exact) mass is 298 g/mol. The lowest BCUT2D eigenvalue weighted by Gasteiger charge is -2.30. The fourth-order valence-corrected chi connectivity index (χ4v) is 1.62. The maximum Gasteiger partial charge on any atom is 0.351 e. The van der Waals surface area contributed by atoms with E-state index in [1.54, 1.807) is 25.1 Å². The van der Waals surface area contributed by atoms with E-state index in [1.807, 2.05) is 0 Å². The molecule has 0 saturated carbocycles. The number of aliphatic imine (C=N–C) groups is 1. The van der Waals surface area contributed by atoms with Crippen molar-refractivity contribution < 1.29 is 14.9 Å². The van der Waals surface area contributed by atoms with E-state index in [1.165, 1.54) is 30.9 Å². The zero-order valence-corrected chi connectivity index (χ0v) is 12.7. The molecule has 1 aromatic heterocycles. The number of hydrogen-bond acceptors (Lipinski definition) is 6. The first-order valence-corrected chi connectivity index (χ1v) is 6.50. The van der Waals surface area contributed by atoms with Gasteiger partial charge >= 0.3 is 5.69 Å². The number of nitrogens with zero attached hydrogens (tertiary/aromatic N) is 4. The molecule has 1 heterocycles. The van der Waals surface area contributed by atoms with Gasteiger partial charge in [-0.3, -0.25) is 4.57 Å². The number of rotatable bonds is 7. The molecule has 0 aliphatic rings. The highest BCUT2D eigenvalue weighted by atomic mass is 16.5. The first kappa shape index (κ1) is 17.3. The summed E-state index contributed by atoms with van der Waals surface area (Å²) < 4.78 is 6.51. The van der Waals surface area contributed by atoms with Crippen LogP contribution >= 0.6 is 0 Å². The average molecular weight is 298 g/mol. The molecule has 0 saturated heterocycles. The van der Waals surface area contributed by atoms with Gasteiger partial charge < -0.3 is 19.8 Å². The first-order valence-electron chi connectivity index (χ1n) is 6.50. The normalized spacial score (nSPS) is 13.6. The summed E-state index contributed by atoms with van der Waals surface area (Å²) >= 11 is 0. The van der Waals surface area contributed by atoms with E-state index < -0.39 is 17.5 Å². The van der Waals surface area contributed by atoms with Gasteiger partial charge in [0.2, 0.25) is 0 Å². The number of aromatic nitrogens is 2. The lowest BCUT2D eigenvalue weighted by molar-refractivity contribution is -0.136. The summed E-state index contributed by atoms with van der Waals surface area (Å²) in [7, 11) is 3.61. The Morgan fingerprint density at radius 2 is 2.24 bits per heavy atom. The van der Waals surface area contributed by atoms with E-state index in [0.717, 1.165) is 0 Å². The summed E-state index contributed by atoms with van der Waals surface area (Å²) in [6.07, 6.45) is 2.04. The molecule has 118 valence electrons. The second-order valence-electron chi connectivity index (χ2n) is 5.28. The third-order valence-electron chi connectivity index (χ3n) is 2.46. The van der Waals surface area contributed by atoms with Crippen LogP contribution in [0.5, 0.6) is 0 Å². The zero-order valence-electron chi connectivity index (χ0n) is 12.7. The van der Waals surface area contributed by atoms with Gasteiger partial charge in [0.1, 0.15) is 5.60 Å². The summed E-state index contributed by atoms with van der Waals surface area (Å²) in [6, 6.07) is 1.54. The molecule has 8 heteroatoms. The summed E-state index contributed by atoms with van der Waals surface area (Å²) in [5, 5.41) is 18.9. The largest absolute Gasteiger partial charge is 0.394 e. The van der Waals surface area contributed by atoms with Crippen LogP contribution in [0.15, 0.2) is 22.1 Å². The Balaban J connectivity index is 3.08. The predicted octanol–water partition coefficient (Wildman–Crippen LogP) is -0.257. The van der Waals surface area contributed by atoms with Gasteiger partial charge in [-0.2, -0.15) is 4.98 Å². The van der Waals surface area contributed by atoms with Gasteiger partial charge in [0, 0.05) is 20.3 Å². The van der Waals surface area contributed by atoms with Crippen LogP contribution in [-0.4, -0.2) is 63.9 Å². The molecule has 1 rings (SSSR count). The highest BCUT2D eigenvalue weighted by Crippen LogP contribution is 2.22. The lowest BCUT2D eigenvalue weighted by Crippen LogP contribution is -2.41. The van der Waals surface area contributed by atoms with Gasteiger partial charge in [-0.1, -0.05) is 0 Å². The molecule has 0 aliphatic heterocycles. The van der Waals surface area contributed by atoms with Crippen LogP contribution in [0.25, 0.3) is 0 Å². The Morgan fingerprint density at radius 1 is 1.57 bits per heavy atom. The third kappa shape index (κ3) is 5.25. The quantitative estimate of drug-likeness (QED) is 0.531. The van der Waals surface area contributed by atoms with Crippen LogP contribution in [0.3, 0.4) is 0 Å². The van der Waals surface area contributed by atoms with E-state index >= 15 is 0 Å². The summed E-state index contributed by atoms with van der Waals surface area (Å²) in [4.78, 5) is 21.6. The van der Waals surface area contributed by atoms with E-state index in [2.05, 4.69) is 9.98 Å². The van der Waals surface area contributed by atoms with Crippen LogP contribution in [0, 0.1) is 0 Å². The molecule has 0 fully saturated rings. The zero-order chi connectivity index (χ0) is 16.0. The minimum atomic E-state index is -1.31. The Hall–Kier alpha value is -1.77. The molecule has 0 aliphatic carbocycles. The Kier molecular flexibility index (Phi) is 6.01. The molecule has 0 unspecified atom stereocenters. The van der Waals surface area contributed by atoms with E-state index in [9.17, 15) is 9.90 Å². The topological polar surface area (TPSA) is 100 Å². The Bertz CT molecular complexity index is 534. The second kappa shape index (κ2) is 7.30. The van der Waals surface area contributed by atoms with Crippen LogP contribution in [0.2, 0.25) is 0 Å². The van der Waals surface area contributed by atoms with Crippen molar-refractivity contribution in [2.75, 3.05) is 27.3 Å². The van der Waals surface area contributed by atoms with Crippen LogP contribution in [0.1, 0.15) is 20.1 Å². The Labute approximate surface area is 123 Å². The van der Waals surface area contributed by atoms with Crippen molar-refractivity contribution in [2.24, 2.45) is 4.99 Å². The molecular formula is C13H22N4O4.